The number of rotatable bonds is 6. The Morgan fingerprint density at radius 1 is 1.14 bits per heavy atom. The van der Waals surface area contributed by atoms with Gasteiger partial charge in [0.15, 0.2) is 11.6 Å². The van der Waals surface area contributed by atoms with Crippen molar-refractivity contribution >= 4 is 28.0 Å². The summed E-state index contributed by atoms with van der Waals surface area (Å²) in [5.74, 6) is 0.180. The molecule has 8 aliphatic rings. The van der Waals surface area contributed by atoms with E-state index in [1.807, 2.05) is 0 Å². The third-order valence-corrected chi connectivity index (χ3v) is 12.8. The molecular weight excluding hydrogens is 730 g/mol. The van der Waals surface area contributed by atoms with Gasteiger partial charge >= 0.3 is 5.82 Å². The lowest BCUT2D eigenvalue weighted by atomic mass is 9.73. The number of benzene rings is 1. The number of aliphatic imine (C=N–C) groups is 1. The Morgan fingerprint density at radius 3 is 2.80 bits per heavy atom. The lowest BCUT2D eigenvalue weighted by Crippen LogP contribution is -2.62. The number of nitrogens with zero attached hydrogens (tertiary/aromatic N) is 6. The van der Waals surface area contributed by atoms with Gasteiger partial charge in [0.05, 0.1) is 34.6 Å². The molecule has 4 fully saturated rings. The normalized spacial score (nSPS) is 27.6. The van der Waals surface area contributed by atoms with Crippen molar-refractivity contribution in [1.82, 2.24) is 24.8 Å². The van der Waals surface area contributed by atoms with E-state index in [1.165, 1.54) is 18.2 Å². The lowest BCUT2D eigenvalue weighted by molar-refractivity contribution is -0.105. The van der Waals surface area contributed by atoms with Crippen LogP contribution in [0.5, 0.6) is 0 Å². The largest absolute Gasteiger partial charge is 0.519 e. The highest BCUT2D eigenvalue weighted by Gasteiger charge is 2.53. The molecule has 11 rings (SSSR count). The number of terminal acetylenes is 1. The number of nitrogen functional groups attached to an aromatic ring is 1. The number of nitrogens with two attached hydrogens (primary N) is 1. The van der Waals surface area contributed by atoms with Crippen molar-refractivity contribution in [1.29, 1.82) is 0 Å². The highest BCUT2D eigenvalue weighted by atomic mass is 19.1. The van der Waals surface area contributed by atoms with Gasteiger partial charge in [-0.3, -0.25) is 14.8 Å². The molecule has 9 heterocycles. The van der Waals surface area contributed by atoms with Crippen LogP contribution in [0.15, 0.2) is 77.4 Å². The van der Waals surface area contributed by atoms with Crippen LogP contribution in [0.2, 0.25) is 0 Å². The van der Waals surface area contributed by atoms with Crippen LogP contribution in [0.25, 0.3) is 16.3 Å². The van der Waals surface area contributed by atoms with E-state index in [4.69, 9.17) is 30.7 Å². The van der Waals surface area contributed by atoms with Crippen LogP contribution in [0.1, 0.15) is 74.1 Å². The van der Waals surface area contributed by atoms with Crippen molar-refractivity contribution in [3.63, 3.8) is 0 Å². The first-order chi connectivity index (χ1) is 27.0. The average molecular weight is 770 g/mol. The van der Waals surface area contributed by atoms with Crippen LogP contribution in [0, 0.1) is 31.0 Å². The fraction of sp³-hybridized carbons (Fsp3) is 0.439. The first kappa shape index (κ1) is 35.1. The summed E-state index contributed by atoms with van der Waals surface area (Å²) in [7, 11) is 0. The zero-order valence-electron chi connectivity index (χ0n) is 30.7. The summed E-state index contributed by atoms with van der Waals surface area (Å²) < 4.78 is 82.3. The molecule has 0 radical (unpaired) electrons. The van der Waals surface area contributed by atoms with Gasteiger partial charge in [-0.05, 0) is 75.9 Å². The van der Waals surface area contributed by atoms with Gasteiger partial charge < -0.3 is 19.3 Å². The van der Waals surface area contributed by atoms with Crippen molar-refractivity contribution in [3.05, 3.63) is 98.0 Å². The van der Waals surface area contributed by atoms with Gasteiger partial charge in [0.1, 0.15) is 48.5 Å². The van der Waals surface area contributed by atoms with E-state index in [1.54, 1.807) is 11.8 Å². The molecule has 0 saturated carbocycles. The smallest absolute Gasteiger partial charge is 0.477 e. The van der Waals surface area contributed by atoms with E-state index in [0.29, 0.717) is 55.1 Å². The molecule has 4 bridgehead atoms. The molecule has 1 aromatic carbocycles. The van der Waals surface area contributed by atoms with Gasteiger partial charge in [0.2, 0.25) is 5.88 Å². The molecule has 11 nitrogen and oxygen atoms in total. The van der Waals surface area contributed by atoms with Gasteiger partial charge in [-0.1, -0.05) is 12.0 Å². The molecule has 0 spiro atoms. The number of hydrazine groups is 1. The third-order valence-electron chi connectivity index (χ3n) is 12.8. The zero-order chi connectivity index (χ0) is 38.6. The molecule has 2 aromatic heterocycles. The van der Waals surface area contributed by atoms with Crippen LogP contribution < -0.4 is 11.6 Å². The highest BCUT2D eigenvalue weighted by molar-refractivity contribution is 6.05. The second-order valence-corrected chi connectivity index (χ2v) is 15.7. The van der Waals surface area contributed by atoms with E-state index in [-0.39, 0.29) is 72.1 Å². The maximum absolute atomic E-state index is 17.8. The maximum Gasteiger partial charge on any atom is 0.519 e. The number of aromatic nitrogens is 1. The number of halogens is 4. The molecule has 290 valence electrons. The van der Waals surface area contributed by atoms with Crippen LogP contribution in [0.4, 0.5) is 23.4 Å². The van der Waals surface area contributed by atoms with Gasteiger partial charge in [0, 0.05) is 47.7 Å². The van der Waals surface area contributed by atoms with Crippen LogP contribution in [0.3, 0.4) is 0 Å². The number of pyridine rings is 1. The summed E-state index contributed by atoms with van der Waals surface area (Å²) in [5, 5.41) is 4.70. The maximum atomic E-state index is 17.8. The molecule has 4 saturated heterocycles. The minimum Gasteiger partial charge on any atom is -0.477 e. The first-order valence-electron chi connectivity index (χ1n) is 19.1. The predicted octanol–water partition coefficient (Wildman–Crippen LogP) is 6.72. The number of allylic oxidation sites excluding steroid dienone is 6. The number of ether oxygens (including phenoxy) is 1. The minimum atomic E-state index is -1.02. The average Bonchev–Trinajstić information content (AvgIpc) is 3.78. The van der Waals surface area contributed by atoms with E-state index < -0.39 is 40.6 Å². The van der Waals surface area contributed by atoms with E-state index in [9.17, 15) is 9.18 Å². The number of alkyl halides is 1. The van der Waals surface area contributed by atoms with Gasteiger partial charge in [-0.15, -0.1) is 6.42 Å². The minimum absolute atomic E-state index is 0.000391. The number of hydrogen-bond acceptors (Lipinski definition) is 11. The summed E-state index contributed by atoms with van der Waals surface area (Å²) in [6.07, 6.45) is 10.7. The Hall–Kier alpha value is -5.33. The van der Waals surface area contributed by atoms with Crippen LogP contribution in [-0.4, -0.2) is 74.8 Å². The SMILES string of the molecule is C#Cc1c(F)ccc2cc(N)nc(C3=C(F)C=C(OC[C@@]45CCCN4C[C@H](F)C5)N4C5=NCN6C7=C5[C@@H](CCCC4=C3F)[C@H](CC7)N6Cc3oc(=O)oc3C)c12. The molecule has 0 unspecified atom stereocenters. The fourth-order valence-corrected chi connectivity index (χ4v) is 10.4. The van der Waals surface area contributed by atoms with Crippen molar-refractivity contribution in [2.45, 2.75) is 82.6 Å². The molecular formula is C41H39F4N7O4. The van der Waals surface area contributed by atoms with Gasteiger partial charge in [0.25, 0.3) is 0 Å². The number of aryl methyl sites for hydroxylation is 1. The van der Waals surface area contributed by atoms with Crippen LogP contribution >= 0.6 is 0 Å². The van der Waals surface area contributed by atoms with Crippen molar-refractivity contribution in [2.24, 2.45) is 10.9 Å². The predicted molar refractivity (Wildman–Crippen MR) is 198 cm³/mol. The van der Waals surface area contributed by atoms with Gasteiger partial charge in [-0.2, -0.15) is 0 Å². The Morgan fingerprint density at radius 2 is 2.00 bits per heavy atom. The quantitative estimate of drug-likeness (QED) is 0.214. The Bertz CT molecular complexity index is 2480. The summed E-state index contributed by atoms with van der Waals surface area (Å²) in [5.41, 5.74) is 6.72. The number of hydrogen-bond donors (Lipinski definition) is 1. The molecule has 4 atom stereocenters. The standard InChI is InChI=1S/C41H39F4N7O4/c1-3-24-26(43)9-8-22-14-32(46)48-38(34(22)24)36-27(44)15-33(54-19-41-12-5-13-49(41)17-23(42)16-41)52-30(37(36)45)7-4-6-25-28-10-11-29-35(25)39(52)47-20-51(29)50(28)18-31-21(2)55-40(53)56-31/h1,8-9,14-15,23,25,28H,4-7,10-13,16-20H2,2H3,(H2,46,48)/t23-,25+,28+,41+/m1/s1. The molecule has 56 heavy (non-hydrogen) atoms. The molecule has 2 N–H and O–H groups in total. The second-order valence-electron chi connectivity index (χ2n) is 15.7. The van der Waals surface area contributed by atoms with E-state index in [0.717, 1.165) is 43.2 Å². The topological polar surface area (TPSA) is 117 Å². The summed E-state index contributed by atoms with van der Waals surface area (Å²) >= 11 is 0. The molecule has 0 amide bonds. The Labute approximate surface area is 319 Å². The monoisotopic (exact) mass is 769 g/mol. The van der Waals surface area contributed by atoms with Crippen molar-refractivity contribution in [3.8, 4) is 12.3 Å². The third kappa shape index (κ3) is 5.21. The van der Waals surface area contributed by atoms with E-state index >= 15 is 13.2 Å². The molecule has 7 aliphatic heterocycles. The first-order valence-corrected chi connectivity index (χ1v) is 19.1. The second kappa shape index (κ2) is 12.9. The number of anilines is 1. The number of amidine groups is 1. The zero-order valence-corrected chi connectivity index (χ0v) is 30.7. The molecule has 1 aliphatic carbocycles. The van der Waals surface area contributed by atoms with Crippen molar-refractivity contribution < 1.29 is 31.1 Å². The Kier molecular flexibility index (Phi) is 8.06. The number of fused-ring (bicyclic) bond motifs is 5. The van der Waals surface area contributed by atoms with Gasteiger partial charge in [-0.25, -0.2) is 37.3 Å². The summed E-state index contributed by atoms with van der Waals surface area (Å²) in [4.78, 5) is 25.1. The fourth-order valence-electron chi connectivity index (χ4n) is 10.4. The molecule has 15 heteroatoms. The van der Waals surface area contributed by atoms with E-state index in [2.05, 4.69) is 25.8 Å². The van der Waals surface area contributed by atoms with Crippen LogP contribution in [-0.2, 0) is 11.3 Å². The van der Waals surface area contributed by atoms with Crippen molar-refractivity contribution in [2.75, 3.05) is 32.1 Å². The Balaban J connectivity index is 1.13. The highest BCUT2D eigenvalue weighted by Crippen LogP contribution is 2.52. The summed E-state index contributed by atoms with van der Waals surface area (Å²) in [6, 6.07) is 4.12. The molecule has 3 aromatic rings. The lowest BCUT2D eigenvalue weighted by Gasteiger charge is -2.57. The summed E-state index contributed by atoms with van der Waals surface area (Å²) in [6.45, 7) is 3.25.